The standard InChI is InChI=1S/C16H22O3/c1-15(2,19-3)12-7-6-8-13(11-12)16(14(17)18)9-4-5-10-16/h6-8,11H,4-5,9-10H2,1-3H3,(H,17,18). The molecule has 0 unspecified atom stereocenters. The van der Waals surface area contributed by atoms with Crippen LogP contribution in [0.3, 0.4) is 0 Å². The highest BCUT2D eigenvalue weighted by Crippen LogP contribution is 2.42. The van der Waals surface area contributed by atoms with Crippen molar-refractivity contribution in [2.24, 2.45) is 0 Å². The summed E-state index contributed by atoms with van der Waals surface area (Å²) in [4.78, 5) is 11.7. The van der Waals surface area contributed by atoms with E-state index in [-0.39, 0.29) is 0 Å². The first-order chi connectivity index (χ1) is 8.92. The van der Waals surface area contributed by atoms with Gasteiger partial charge in [0.2, 0.25) is 0 Å². The molecule has 0 heterocycles. The minimum Gasteiger partial charge on any atom is -0.481 e. The van der Waals surface area contributed by atoms with Gasteiger partial charge in [0.05, 0.1) is 11.0 Å². The molecule has 0 saturated heterocycles. The maximum absolute atomic E-state index is 11.7. The van der Waals surface area contributed by atoms with E-state index in [0.717, 1.165) is 36.8 Å². The Morgan fingerprint density at radius 3 is 2.47 bits per heavy atom. The molecule has 0 atom stereocenters. The monoisotopic (exact) mass is 262 g/mol. The van der Waals surface area contributed by atoms with Gasteiger partial charge in [-0.25, -0.2) is 0 Å². The summed E-state index contributed by atoms with van der Waals surface area (Å²) in [5.74, 6) is -0.697. The van der Waals surface area contributed by atoms with Crippen LogP contribution in [-0.2, 0) is 20.5 Å². The highest BCUT2D eigenvalue weighted by molar-refractivity contribution is 5.81. The summed E-state index contributed by atoms with van der Waals surface area (Å²) in [5.41, 5.74) is 0.855. The van der Waals surface area contributed by atoms with E-state index in [1.807, 2.05) is 38.1 Å². The molecule has 3 heteroatoms. The summed E-state index contributed by atoms with van der Waals surface area (Å²) in [6.45, 7) is 3.99. The molecule has 1 aromatic rings. The molecule has 1 aliphatic carbocycles. The van der Waals surface area contributed by atoms with Crippen LogP contribution in [0.25, 0.3) is 0 Å². The van der Waals surface area contributed by atoms with Gasteiger partial charge in [0, 0.05) is 7.11 Å². The molecule has 0 amide bonds. The van der Waals surface area contributed by atoms with E-state index in [1.165, 1.54) is 0 Å². The number of rotatable bonds is 4. The third kappa shape index (κ3) is 2.39. The predicted octanol–water partition coefficient (Wildman–Crippen LogP) is 3.46. The van der Waals surface area contributed by atoms with E-state index in [0.29, 0.717) is 0 Å². The molecule has 1 aromatic carbocycles. The second-order valence-corrected chi connectivity index (χ2v) is 5.89. The maximum atomic E-state index is 11.7. The number of ether oxygens (including phenoxy) is 1. The van der Waals surface area contributed by atoms with E-state index in [4.69, 9.17) is 4.74 Å². The molecule has 1 aliphatic rings. The van der Waals surface area contributed by atoms with Gasteiger partial charge in [-0.2, -0.15) is 0 Å². The van der Waals surface area contributed by atoms with Crippen LogP contribution in [0, 0.1) is 0 Å². The van der Waals surface area contributed by atoms with Gasteiger partial charge in [0.1, 0.15) is 0 Å². The van der Waals surface area contributed by atoms with Crippen LogP contribution in [0.4, 0.5) is 0 Å². The topological polar surface area (TPSA) is 46.5 Å². The minimum absolute atomic E-state index is 0.395. The van der Waals surface area contributed by atoms with Crippen LogP contribution in [0.5, 0.6) is 0 Å². The van der Waals surface area contributed by atoms with Gasteiger partial charge in [-0.05, 0) is 37.8 Å². The van der Waals surface area contributed by atoms with Crippen LogP contribution in [0.15, 0.2) is 24.3 Å². The van der Waals surface area contributed by atoms with E-state index < -0.39 is 17.0 Å². The van der Waals surface area contributed by atoms with E-state index in [1.54, 1.807) is 7.11 Å². The lowest BCUT2D eigenvalue weighted by atomic mass is 9.77. The van der Waals surface area contributed by atoms with Gasteiger partial charge in [0.25, 0.3) is 0 Å². The molecule has 1 N–H and O–H groups in total. The zero-order valence-corrected chi connectivity index (χ0v) is 11.9. The van der Waals surface area contributed by atoms with Crippen LogP contribution >= 0.6 is 0 Å². The molecule has 1 fully saturated rings. The highest BCUT2D eigenvalue weighted by Gasteiger charge is 2.43. The fourth-order valence-corrected chi connectivity index (χ4v) is 2.91. The molecule has 0 bridgehead atoms. The summed E-state index contributed by atoms with van der Waals surface area (Å²) < 4.78 is 5.49. The lowest BCUT2D eigenvalue weighted by Gasteiger charge is -2.28. The van der Waals surface area contributed by atoms with Crippen molar-refractivity contribution in [3.8, 4) is 0 Å². The molecule has 19 heavy (non-hydrogen) atoms. The van der Waals surface area contributed by atoms with Gasteiger partial charge >= 0.3 is 5.97 Å². The van der Waals surface area contributed by atoms with Crippen molar-refractivity contribution in [2.45, 2.75) is 50.5 Å². The number of hydrogen-bond donors (Lipinski definition) is 1. The van der Waals surface area contributed by atoms with Gasteiger partial charge in [-0.15, -0.1) is 0 Å². The van der Waals surface area contributed by atoms with Gasteiger partial charge in [-0.1, -0.05) is 37.1 Å². The Hall–Kier alpha value is -1.35. The Kier molecular flexibility index (Phi) is 3.68. The third-order valence-electron chi connectivity index (χ3n) is 4.49. The van der Waals surface area contributed by atoms with Crippen molar-refractivity contribution in [3.05, 3.63) is 35.4 Å². The Balaban J connectivity index is 2.46. The number of carbonyl (C=O) groups is 1. The van der Waals surface area contributed by atoms with E-state index >= 15 is 0 Å². The van der Waals surface area contributed by atoms with Crippen molar-refractivity contribution in [1.29, 1.82) is 0 Å². The normalized spacial score (nSPS) is 18.5. The molecular formula is C16H22O3. The molecule has 0 spiro atoms. The van der Waals surface area contributed by atoms with Gasteiger partial charge < -0.3 is 9.84 Å². The Labute approximate surface area is 114 Å². The van der Waals surface area contributed by atoms with Crippen molar-refractivity contribution >= 4 is 5.97 Å². The quantitative estimate of drug-likeness (QED) is 0.903. The van der Waals surface area contributed by atoms with Crippen LogP contribution in [-0.4, -0.2) is 18.2 Å². The van der Waals surface area contributed by atoms with Crippen LogP contribution < -0.4 is 0 Å². The smallest absolute Gasteiger partial charge is 0.314 e. The summed E-state index contributed by atoms with van der Waals surface area (Å²) >= 11 is 0. The van der Waals surface area contributed by atoms with Crippen LogP contribution in [0.1, 0.15) is 50.7 Å². The van der Waals surface area contributed by atoms with Crippen molar-refractivity contribution in [1.82, 2.24) is 0 Å². The lowest BCUT2D eigenvalue weighted by molar-refractivity contribution is -0.143. The summed E-state index contributed by atoms with van der Waals surface area (Å²) in [6.07, 6.45) is 3.45. The third-order valence-corrected chi connectivity index (χ3v) is 4.49. The molecule has 104 valence electrons. The Bertz CT molecular complexity index is 471. The number of carboxylic acids is 1. The molecule has 1 saturated carbocycles. The Morgan fingerprint density at radius 2 is 1.95 bits per heavy atom. The van der Waals surface area contributed by atoms with E-state index in [9.17, 15) is 9.90 Å². The number of benzene rings is 1. The molecule has 0 radical (unpaired) electrons. The zero-order valence-electron chi connectivity index (χ0n) is 11.9. The largest absolute Gasteiger partial charge is 0.481 e. The fourth-order valence-electron chi connectivity index (χ4n) is 2.91. The highest BCUT2D eigenvalue weighted by atomic mass is 16.5. The van der Waals surface area contributed by atoms with E-state index in [2.05, 4.69) is 0 Å². The van der Waals surface area contributed by atoms with Gasteiger partial charge in [-0.3, -0.25) is 4.79 Å². The minimum atomic E-state index is -0.697. The lowest BCUT2D eigenvalue weighted by Crippen LogP contribution is -2.33. The molecule has 0 aromatic heterocycles. The number of aliphatic carboxylic acids is 1. The average Bonchev–Trinajstić information content (AvgIpc) is 2.89. The second kappa shape index (κ2) is 4.97. The first-order valence-electron chi connectivity index (χ1n) is 6.82. The summed E-state index contributed by atoms with van der Waals surface area (Å²) in [6, 6.07) is 7.88. The second-order valence-electron chi connectivity index (χ2n) is 5.89. The Morgan fingerprint density at radius 1 is 1.32 bits per heavy atom. The van der Waals surface area contributed by atoms with Crippen molar-refractivity contribution in [2.75, 3.05) is 7.11 Å². The average molecular weight is 262 g/mol. The summed E-state index contributed by atoms with van der Waals surface area (Å²) in [5, 5.41) is 9.64. The molecule has 3 nitrogen and oxygen atoms in total. The first kappa shape index (κ1) is 14.1. The SMILES string of the molecule is COC(C)(C)c1cccc(C2(C(=O)O)CCCC2)c1. The van der Waals surface area contributed by atoms with Crippen LogP contribution in [0.2, 0.25) is 0 Å². The maximum Gasteiger partial charge on any atom is 0.314 e. The van der Waals surface area contributed by atoms with Gasteiger partial charge in [0.15, 0.2) is 0 Å². The number of hydrogen-bond acceptors (Lipinski definition) is 2. The first-order valence-corrected chi connectivity index (χ1v) is 6.82. The number of methoxy groups -OCH3 is 1. The van der Waals surface area contributed by atoms with Crippen molar-refractivity contribution < 1.29 is 14.6 Å². The summed E-state index contributed by atoms with van der Waals surface area (Å²) in [7, 11) is 1.68. The number of carboxylic acid groups (broad SMARTS) is 1. The fraction of sp³-hybridized carbons (Fsp3) is 0.562. The predicted molar refractivity (Wildman–Crippen MR) is 74.3 cm³/mol. The molecule has 2 rings (SSSR count). The molecular weight excluding hydrogens is 240 g/mol. The zero-order chi connectivity index (χ0) is 14.1. The van der Waals surface area contributed by atoms with Crippen molar-refractivity contribution in [3.63, 3.8) is 0 Å². The molecule has 0 aliphatic heterocycles.